The highest BCUT2D eigenvalue weighted by molar-refractivity contribution is 6.17. The van der Waals surface area contributed by atoms with E-state index in [1.54, 1.807) is 34.6 Å². The number of rotatable bonds is 6. The summed E-state index contributed by atoms with van der Waals surface area (Å²) in [5.74, 6) is -1.33. The molecular weight excluding hydrogens is 300 g/mol. The minimum atomic E-state index is -0.816. The molecule has 7 nitrogen and oxygen atoms in total. The van der Waals surface area contributed by atoms with E-state index in [0.717, 1.165) is 0 Å². The third-order valence-electron chi connectivity index (χ3n) is 2.24. The highest BCUT2D eigenvalue weighted by Gasteiger charge is 2.27. The highest BCUT2D eigenvalue weighted by atomic mass is 35.5. The molecule has 0 aliphatic rings. The van der Waals surface area contributed by atoms with Crippen molar-refractivity contribution in [3.8, 4) is 0 Å². The van der Waals surface area contributed by atoms with Crippen LogP contribution in [-0.2, 0) is 19.1 Å². The van der Waals surface area contributed by atoms with Crippen LogP contribution in [0.5, 0.6) is 0 Å². The molecule has 0 heterocycles. The molecule has 0 aliphatic carbocycles. The van der Waals surface area contributed by atoms with E-state index in [0.29, 0.717) is 0 Å². The number of alkyl halides is 1. The van der Waals surface area contributed by atoms with E-state index in [9.17, 15) is 14.4 Å². The van der Waals surface area contributed by atoms with Crippen LogP contribution in [0.3, 0.4) is 0 Å². The number of nitrogens with one attached hydrogen (secondary N) is 2. The third-order valence-corrected chi connectivity index (χ3v) is 2.35. The zero-order valence-corrected chi connectivity index (χ0v) is 13.7. The van der Waals surface area contributed by atoms with Gasteiger partial charge in [0.15, 0.2) is 6.07 Å². The van der Waals surface area contributed by atoms with Gasteiger partial charge in [-0.1, -0.05) is 25.4 Å². The van der Waals surface area contributed by atoms with Gasteiger partial charge in [0.1, 0.15) is 18.2 Å². The van der Waals surface area contributed by atoms with Crippen molar-refractivity contribution in [3.05, 3.63) is 0 Å². The first-order valence-corrected chi connectivity index (χ1v) is 7.09. The van der Waals surface area contributed by atoms with Crippen molar-refractivity contribution in [2.75, 3.05) is 12.6 Å². The monoisotopic (exact) mass is 322 g/mol. The molecule has 0 aromatic carbocycles. The van der Waals surface area contributed by atoms with Gasteiger partial charge in [-0.3, -0.25) is 9.59 Å². The molecule has 0 unspecified atom stereocenters. The maximum Gasteiger partial charge on any atom is 0.408 e. The molecule has 21 heavy (non-hydrogen) atoms. The Morgan fingerprint density at radius 2 is 1.76 bits per heavy atom. The maximum atomic E-state index is 12.0. The summed E-state index contributed by atoms with van der Waals surface area (Å²) in [4.78, 5) is 34.8. The average molecular weight is 323 g/mol. The summed E-state index contributed by atoms with van der Waals surface area (Å²) >= 11 is 5.23. The van der Waals surface area contributed by atoms with Crippen molar-refractivity contribution in [2.45, 2.75) is 46.3 Å². The molecule has 0 saturated carbocycles. The number of halogens is 1. The normalized spacial score (nSPS) is 12.5. The molecule has 0 bridgehead atoms. The van der Waals surface area contributed by atoms with Gasteiger partial charge in [-0.05, 0) is 26.7 Å². The fourth-order valence-electron chi connectivity index (χ4n) is 1.35. The molecule has 2 N–H and O–H groups in total. The van der Waals surface area contributed by atoms with E-state index in [1.165, 1.54) is 0 Å². The molecule has 0 spiro atoms. The van der Waals surface area contributed by atoms with Crippen LogP contribution >= 0.6 is 11.6 Å². The molecule has 0 radical (unpaired) electrons. The van der Waals surface area contributed by atoms with Gasteiger partial charge >= 0.3 is 12.1 Å². The van der Waals surface area contributed by atoms with Gasteiger partial charge in [0.2, 0.25) is 5.91 Å². The number of carbonyl (C=O) groups excluding carboxylic acids is 3. The second-order valence-electron chi connectivity index (χ2n) is 5.71. The van der Waals surface area contributed by atoms with Gasteiger partial charge < -0.3 is 20.1 Å². The van der Waals surface area contributed by atoms with Crippen LogP contribution < -0.4 is 10.6 Å². The summed E-state index contributed by atoms with van der Waals surface area (Å²) < 4.78 is 9.57. The van der Waals surface area contributed by atoms with Crippen molar-refractivity contribution in [3.63, 3.8) is 0 Å². The minimum Gasteiger partial charge on any atom is -0.448 e. The lowest BCUT2D eigenvalue weighted by molar-refractivity contribution is -0.142. The number of hydrogen-bond donors (Lipinski definition) is 2. The SMILES string of the molecule is CC(C)[C@H](NC(=O)OC(C)(C)C)C(=O)NCC(=O)OCCl. The van der Waals surface area contributed by atoms with Crippen LogP contribution in [0.4, 0.5) is 4.79 Å². The molecule has 0 saturated heterocycles. The molecule has 122 valence electrons. The molecule has 0 rings (SSSR count). The molecule has 8 heteroatoms. The highest BCUT2D eigenvalue weighted by Crippen LogP contribution is 2.08. The van der Waals surface area contributed by atoms with Crippen LogP contribution in [0.15, 0.2) is 0 Å². The lowest BCUT2D eigenvalue weighted by atomic mass is 10.0. The summed E-state index contributed by atoms with van der Waals surface area (Å²) in [6.07, 6.45) is -0.695. The summed E-state index contributed by atoms with van der Waals surface area (Å²) in [6.45, 7) is 8.37. The predicted octanol–water partition coefficient (Wildman–Crippen LogP) is 1.39. The maximum absolute atomic E-state index is 12.0. The molecule has 0 fully saturated rings. The van der Waals surface area contributed by atoms with E-state index in [4.69, 9.17) is 16.3 Å². The predicted molar refractivity (Wildman–Crippen MR) is 77.8 cm³/mol. The Kier molecular flexibility index (Phi) is 8.09. The number of carbonyl (C=O) groups is 3. The van der Waals surface area contributed by atoms with Gasteiger partial charge in [0.05, 0.1) is 0 Å². The minimum absolute atomic E-state index is 0.179. The van der Waals surface area contributed by atoms with E-state index in [1.807, 2.05) is 0 Å². The molecule has 0 aliphatic heterocycles. The van der Waals surface area contributed by atoms with E-state index in [-0.39, 0.29) is 18.5 Å². The van der Waals surface area contributed by atoms with Crippen LogP contribution in [0.25, 0.3) is 0 Å². The first-order valence-electron chi connectivity index (χ1n) is 6.55. The van der Waals surface area contributed by atoms with Crippen molar-refractivity contribution < 1.29 is 23.9 Å². The zero-order valence-electron chi connectivity index (χ0n) is 13.0. The van der Waals surface area contributed by atoms with Crippen molar-refractivity contribution in [1.82, 2.24) is 10.6 Å². The van der Waals surface area contributed by atoms with Crippen molar-refractivity contribution in [1.29, 1.82) is 0 Å². The van der Waals surface area contributed by atoms with E-state index in [2.05, 4.69) is 15.4 Å². The number of hydrogen-bond acceptors (Lipinski definition) is 5. The van der Waals surface area contributed by atoms with E-state index < -0.39 is 29.6 Å². The first-order chi connectivity index (χ1) is 9.56. The summed E-state index contributed by atoms with van der Waals surface area (Å²) in [6, 6.07) is -1.10. The summed E-state index contributed by atoms with van der Waals surface area (Å²) in [5.41, 5.74) is -0.660. The second kappa shape index (κ2) is 8.71. The fourth-order valence-corrected chi connectivity index (χ4v) is 1.47. The Hall–Kier alpha value is -1.50. The molecular formula is C13H23ClN2O5. The smallest absolute Gasteiger partial charge is 0.408 e. The number of ether oxygens (including phenoxy) is 2. The van der Waals surface area contributed by atoms with Crippen molar-refractivity contribution in [2.24, 2.45) is 5.92 Å². The first kappa shape index (κ1) is 19.5. The van der Waals surface area contributed by atoms with Gasteiger partial charge in [-0.15, -0.1) is 0 Å². The Bertz CT molecular complexity index is 379. The summed E-state index contributed by atoms with van der Waals surface area (Å²) in [5, 5.41) is 4.85. The van der Waals surface area contributed by atoms with Crippen LogP contribution in [0.1, 0.15) is 34.6 Å². The number of esters is 1. The second-order valence-corrected chi connectivity index (χ2v) is 5.93. The Morgan fingerprint density at radius 1 is 1.19 bits per heavy atom. The van der Waals surface area contributed by atoms with Gasteiger partial charge in [0.25, 0.3) is 0 Å². The molecule has 2 amide bonds. The Balaban J connectivity index is 4.51. The zero-order chi connectivity index (χ0) is 16.6. The Morgan fingerprint density at radius 3 is 2.19 bits per heavy atom. The van der Waals surface area contributed by atoms with E-state index >= 15 is 0 Å². The van der Waals surface area contributed by atoms with Crippen LogP contribution in [0, 0.1) is 5.92 Å². The molecule has 0 aromatic heterocycles. The Labute approximate surface area is 129 Å². The number of alkyl carbamates (subject to hydrolysis) is 1. The largest absolute Gasteiger partial charge is 0.448 e. The van der Waals surface area contributed by atoms with Gasteiger partial charge in [-0.2, -0.15) is 0 Å². The fraction of sp³-hybridized carbons (Fsp3) is 0.769. The van der Waals surface area contributed by atoms with Gasteiger partial charge in [-0.25, -0.2) is 4.79 Å². The average Bonchev–Trinajstić information content (AvgIpc) is 2.31. The van der Waals surface area contributed by atoms with Crippen molar-refractivity contribution >= 4 is 29.6 Å². The number of amides is 2. The third kappa shape index (κ3) is 9.12. The lowest BCUT2D eigenvalue weighted by Crippen LogP contribution is -2.51. The van der Waals surface area contributed by atoms with Gasteiger partial charge in [0, 0.05) is 0 Å². The van der Waals surface area contributed by atoms with Crippen LogP contribution in [-0.4, -0.2) is 42.2 Å². The van der Waals surface area contributed by atoms with Crippen LogP contribution in [0.2, 0.25) is 0 Å². The standard InChI is InChI=1S/C13H23ClN2O5/c1-8(2)10(16-12(19)21-13(3,4)5)11(18)15-6-9(17)20-7-14/h8,10H,6-7H2,1-5H3,(H,15,18)(H,16,19)/t10-/m0/s1. The lowest BCUT2D eigenvalue weighted by Gasteiger charge is -2.25. The summed E-state index contributed by atoms with van der Waals surface area (Å²) in [7, 11) is 0. The molecule has 0 aromatic rings. The molecule has 1 atom stereocenters. The topological polar surface area (TPSA) is 93.7 Å². The quantitative estimate of drug-likeness (QED) is 0.569.